The first kappa shape index (κ1) is 21.7. The van der Waals surface area contributed by atoms with Crippen molar-refractivity contribution in [3.8, 4) is 0 Å². The summed E-state index contributed by atoms with van der Waals surface area (Å²) < 4.78 is 6.14. The first-order chi connectivity index (χ1) is 16.5. The van der Waals surface area contributed by atoms with Gasteiger partial charge in [-0.25, -0.2) is 0 Å². The molecule has 168 valence electrons. The first-order valence-electron chi connectivity index (χ1n) is 10.7. The lowest BCUT2D eigenvalue weighted by Crippen LogP contribution is -2.25. The van der Waals surface area contributed by atoms with Crippen LogP contribution in [0.15, 0.2) is 96.1 Å². The Morgan fingerprint density at radius 2 is 1.68 bits per heavy atom. The van der Waals surface area contributed by atoms with Gasteiger partial charge in [-0.15, -0.1) is 5.10 Å². The molecule has 0 unspecified atom stereocenters. The number of hydrazone groups is 1. The van der Waals surface area contributed by atoms with Crippen molar-refractivity contribution in [1.29, 1.82) is 0 Å². The van der Waals surface area contributed by atoms with E-state index in [1.807, 2.05) is 48.5 Å². The van der Waals surface area contributed by atoms with Crippen molar-refractivity contribution < 1.29 is 14.3 Å². The van der Waals surface area contributed by atoms with Gasteiger partial charge < -0.3 is 10.1 Å². The molecule has 1 atom stereocenters. The number of hydrogen-bond acceptors (Lipinski definition) is 4. The van der Waals surface area contributed by atoms with E-state index in [0.29, 0.717) is 27.7 Å². The Hall–Kier alpha value is -4.16. The SMILES string of the molecule is CC(=O)N1N=C(c2cccc(NC(=O)c3ccccc3Cl)c2)O[C@H]1c1ccc2ccccc2c1. The van der Waals surface area contributed by atoms with E-state index in [2.05, 4.69) is 10.4 Å². The number of benzene rings is 4. The van der Waals surface area contributed by atoms with E-state index in [4.69, 9.17) is 16.3 Å². The van der Waals surface area contributed by atoms with Crippen LogP contribution >= 0.6 is 11.6 Å². The van der Waals surface area contributed by atoms with E-state index >= 15 is 0 Å². The number of amides is 2. The van der Waals surface area contributed by atoms with Gasteiger partial charge in [0, 0.05) is 23.7 Å². The van der Waals surface area contributed by atoms with Crippen LogP contribution in [0.1, 0.15) is 34.6 Å². The number of halogens is 1. The van der Waals surface area contributed by atoms with Crippen LogP contribution in [0.3, 0.4) is 0 Å². The summed E-state index contributed by atoms with van der Waals surface area (Å²) in [5, 5.41) is 11.1. The third-order valence-corrected chi connectivity index (χ3v) is 5.84. The average Bonchev–Trinajstić information content (AvgIpc) is 3.30. The molecule has 6 nitrogen and oxygen atoms in total. The highest BCUT2D eigenvalue weighted by Crippen LogP contribution is 2.32. The Morgan fingerprint density at radius 3 is 2.47 bits per heavy atom. The predicted octanol–water partition coefficient (Wildman–Crippen LogP) is 5.98. The number of nitrogens with zero attached hydrogens (tertiary/aromatic N) is 2. The maximum absolute atomic E-state index is 12.6. The number of anilines is 1. The van der Waals surface area contributed by atoms with Gasteiger partial charge in [0.25, 0.3) is 5.91 Å². The molecule has 0 saturated carbocycles. The molecule has 2 amide bonds. The second-order valence-electron chi connectivity index (χ2n) is 7.86. The van der Waals surface area contributed by atoms with Gasteiger partial charge in [0.15, 0.2) is 0 Å². The topological polar surface area (TPSA) is 71.0 Å². The number of hydrogen-bond donors (Lipinski definition) is 1. The molecule has 1 N–H and O–H groups in total. The molecule has 1 heterocycles. The number of ether oxygens (including phenoxy) is 1. The molecule has 7 heteroatoms. The van der Waals surface area contributed by atoms with Crippen molar-refractivity contribution in [2.45, 2.75) is 13.2 Å². The Balaban J connectivity index is 1.41. The van der Waals surface area contributed by atoms with Crippen LogP contribution in [0.4, 0.5) is 5.69 Å². The van der Waals surface area contributed by atoms with Crippen LogP contribution in [0.5, 0.6) is 0 Å². The Kier molecular flexibility index (Phi) is 5.74. The quantitative estimate of drug-likeness (QED) is 0.399. The summed E-state index contributed by atoms with van der Waals surface area (Å²) in [7, 11) is 0. The number of rotatable bonds is 4. The Bertz CT molecular complexity index is 1450. The molecule has 0 aromatic heterocycles. The monoisotopic (exact) mass is 469 g/mol. The summed E-state index contributed by atoms with van der Waals surface area (Å²) in [6.07, 6.45) is -0.682. The van der Waals surface area contributed by atoms with Crippen LogP contribution in [-0.2, 0) is 9.53 Å². The standard InChI is InChI=1S/C27H20ClN3O3/c1-17(32)31-27(21-14-13-18-7-2-3-8-19(18)15-21)34-26(30-31)20-9-6-10-22(16-20)29-25(33)23-11-4-5-12-24(23)28/h2-16,27H,1H3,(H,29,33)/t27-/m0/s1. The molecule has 0 fully saturated rings. The lowest BCUT2D eigenvalue weighted by atomic mass is 10.1. The highest BCUT2D eigenvalue weighted by atomic mass is 35.5. The number of carbonyl (C=O) groups excluding carboxylic acids is 2. The van der Waals surface area contributed by atoms with Crippen molar-refractivity contribution in [3.05, 3.63) is 113 Å². The van der Waals surface area contributed by atoms with E-state index in [-0.39, 0.29) is 11.8 Å². The summed E-state index contributed by atoms with van der Waals surface area (Å²) in [5.41, 5.74) is 2.38. The van der Waals surface area contributed by atoms with Gasteiger partial charge >= 0.3 is 0 Å². The van der Waals surface area contributed by atoms with Crippen LogP contribution in [0.25, 0.3) is 10.8 Å². The molecule has 4 aromatic rings. The summed E-state index contributed by atoms with van der Waals surface area (Å²) in [6, 6.07) is 27.9. The lowest BCUT2D eigenvalue weighted by molar-refractivity contribution is -0.135. The third kappa shape index (κ3) is 4.23. The van der Waals surface area contributed by atoms with Crippen LogP contribution in [0.2, 0.25) is 5.02 Å². The molecule has 1 aliphatic heterocycles. The summed E-state index contributed by atoms with van der Waals surface area (Å²) >= 11 is 6.14. The van der Waals surface area contributed by atoms with Crippen molar-refractivity contribution in [1.82, 2.24) is 5.01 Å². The first-order valence-corrected chi connectivity index (χ1v) is 11.1. The second kappa shape index (κ2) is 9.00. The summed E-state index contributed by atoms with van der Waals surface area (Å²) in [5.74, 6) is -0.269. The van der Waals surface area contributed by atoms with Crippen molar-refractivity contribution in [2.75, 3.05) is 5.32 Å². The van der Waals surface area contributed by atoms with Gasteiger partial charge in [-0.2, -0.15) is 5.01 Å². The normalized spacial score (nSPS) is 15.1. The average molecular weight is 470 g/mol. The van der Waals surface area contributed by atoms with Crippen LogP contribution in [-0.4, -0.2) is 22.7 Å². The minimum Gasteiger partial charge on any atom is -0.446 e. The molecule has 34 heavy (non-hydrogen) atoms. The van der Waals surface area contributed by atoms with Gasteiger partial charge in [0.2, 0.25) is 18.0 Å². The molecule has 4 aromatic carbocycles. The third-order valence-electron chi connectivity index (χ3n) is 5.51. The zero-order chi connectivity index (χ0) is 23.7. The largest absolute Gasteiger partial charge is 0.446 e. The van der Waals surface area contributed by atoms with E-state index in [0.717, 1.165) is 16.3 Å². The second-order valence-corrected chi connectivity index (χ2v) is 8.27. The lowest BCUT2D eigenvalue weighted by Gasteiger charge is -2.19. The predicted molar refractivity (Wildman–Crippen MR) is 133 cm³/mol. The zero-order valence-corrected chi connectivity index (χ0v) is 19.0. The van der Waals surface area contributed by atoms with Crippen LogP contribution in [0, 0.1) is 0 Å². The highest BCUT2D eigenvalue weighted by molar-refractivity contribution is 6.34. The molecular weight excluding hydrogens is 450 g/mol. The van der Waals surface area contributed by atoms with E-state index in [9.17, 15) is 9.59 Å². The fraction of sp³-hybridized carbons (Fsp3) is 0.0741. The minimum absolute atomic E-state index is 0.240. The van der Waals surface area contributed by atoms with E-state index < -0.39 is 6.23 Å². The Labute approximate surface area is 201 Å². The smallest absolute Gasteiger partial charge is 0.257 e. The van der Waals surface area contributed by atoms with Gasteiger partial charge in [-0.05, 0) is 47.2 Å². The maximum Gasteiger partial charge on any atom is 0.257 e. The van der Waals surface area contributed by atoms with Gasteiger partial charge in [-0.3, -0.25) is 9.59 Å². The summed E-state index contributed by atoms with van der Waals surface area (Å²) in [6.45, 7) is 1.45. The fourth-order valence-corrected chi connectivity index (χ4v) is 4.06. The van der Waals surface area contributed by atoms with Gasteiger partial charge in [-0.1, -0.05) is 66.2 Å². The van der Waals surface area contributed by atoms with Crippen molar-refractivity contribution in [3.63, 3.8) is 0 Å². The molecule has 0 radical (unpaired) electrons. The zero-order valence-electron chi connectivity index (χ0n) is 18.2. The fourth-order valence-electron chi connectivity index (χ4n) is 3.84. The van der Waals surface area contributed by atoms with Crippen LogP contribution < -0.4 is 5.32 Å². The molecule has 0 bridgehead atoms. The van der Waals surface area contributed by atoms with Crippen molar-refractivity contribution >= 4 is 45.8 Å². The molecule has 0 saturated heterocycles. The van der Waals surface area contributed by atoms with E-state index in [1.54, 1.807) is 42.5 Å². The van der Waals surface area contributed by atoms with E-state index in [1.165, 1.54) is 11.9 Å². The molecular formula is C27H20ClN3O3. The van der Waals surface area contributed by atoms with Crippen molar-refractivity contribution in [2.24, 2.45) is 5.10 Å². The number of fused-ring (bicyclic) bond motifs is 1. The number of nitrogens with one attached hydrogen (secondary N) is 1. The molecule has 0 spiro atoms. The Morgan fingerprint density at radius 1 is 0.912 bits per heavy atom. The molecule has 1 aliphatic rings. The number of carbonyl (C=O) groups is 2. The maximum atomic E-state index is 12.6. The van der Waals surface area contributed by atoms with Gasteiger partial charge in [0.05, 0.1) is 10.6 Å². The minimum atomic E-state index is -0.682. The molecule has 0 aliphatic carbocycles. The molecule has 5 rings (SSSR count). The van der Waals surface area contributed by atoms with Gasteiger partial charge in [0.1, 0.15) is 0 Å². The highest BCUT2D eigenvalue weighted by Gasteiger charge is 2.33. The summed E-state index contributed by atoms with van der Waals surface area (Å²) in [4.78, 5) is 25.0.